The second kappa shape index (κ2) is 7.66. The van der Waals surface area contributed by atoms with Gasteiger partial charge in [0.1, 0.15) is 0 Å². The summed E-state index contributed by atoms with van der Waals surface area (Å²) in [4.78, 5) is 17.3. The number of carbonyl (C=O) groups excluding carboxylic acids is 1. The molecule has 0 radical (unpaired) electrons. The van der Waals surface area contributed by atoms with E-state index in [-0.39, 0.29) is 5.91 Å². The summed E-state index contributed by atoms with van der Waals surface area (Å²) in [6.07, 6.45) is 3.20. The minimum absolute atomic E-state index is 0.0111. The average molecular weight is 335 g/mol. The lowest BCUT2D eigenvalue weighted by molar-refractivity contribution is 0.0680. The van der Waals surface area contributed by atoms with E-state index in [0.29, 0.717) is 23.6 Å². The third-order valence-corrected chi connectivity index (χ3v) is 5.08. The van der Waals surface area contributed by atoms with Crippen molar-refractivity contribution in [3.63, 3.8) is 0 Å². The number of rotatable bonds is 6. The molecule has 0 saturated carbocycles. The fourth-order valence-electron chi connectivity index (χ4n) is 3.91. The molecule has 0 spiro atoms. The highest BCUT2D eigenvalue weighted by molar-refractivity contribution is 5.91. The molecule has 3 fully saturated rings. The van der Waals surface area contributed by atoms with Gasteiger partial charge in [0, 0.05) is 45.4 Å². The Morgan fingerprint density at radius 3 is 2.96 bits per heavy atom. The fourth-order valence-corrected chi connectivity index (χ4v) is 3.91. The summed E-state index contributed by atoms with van der Waals surface area (Å²) in [5.41, 5.74) is 0.868. The van der Waals surface area contributed by atoms with Crippen molar-refractivity contribution in [3.05, 3.63) is 17.5 Å². The van der Waals surface area contributed by atoms with E-state index in [1.165, 1.54) is 6.42 Å². The summed E-state index contributed by atoms with van der Waals surface area (Å²) in [5, 5.41) is 4.06. The molecule has 1 amide bonds. The molecule has 3 saturated heterocycles. The van der Waals surface area contributed by atoms with Crippen LogP contribution in [0.3, 0.4) is 0 Å². The van der Waals surface area contributed by atoms with Gasteiger partial charge in [-0.25, -0.2) is 0 Å². The van der Waals surface area contributed by atoms with Gasteiger partial charge in [-0.3, -0.25) is 9.69 Å². The molecule has 4 heterocycles. The number of hydrogen-bond acceptors (Lipinski definition) is 5. The minimum Gasteiger partial charge on any atom is -0.383 e. The van der Waals surface area contributed by atoms with Crippen molar-refractivity contribution in [3.8, 4) is 0 Å². The Hall–Kier alpha value is -1.40. The van der Waals surface area contributed by atoms with Crippen molar-refractivity contribution >= 4 is 5.91 Å². The van der Waals surface area contributed by atoms with E-state index in [0.717, 1.165) is 51.3 Å². The number of methoxy groups -OCH3 is 1. The van der Waals surface area contributed by atoms with Gasteiger partial charge in [-0.2, -0.15) is 0 Å². The normalized spacial score (nSPS) is 24.6. The number of aromatic nitrogens is 1. The van der Waals surface area contributed by atoms with E-state index >= 15 is 0 Å². The smallest absolute Gasteiger partial charge is 0.292 e. The quantitative estimate of drug-likeness (QED) is 0.796. The SMILES string of the molecule is COCCN1C[C@@H]2CC[C@H]1CN(C(=O)c1cc(CC(C)C)no1)C2. The molecule has 1 aromatic heterocycles. The van der Waals surface area contributed by atoms with Crippen LogP contribution in [0, 0.1) is 11.8 Å². The van der Waals surface area contributed by atoms with Gasteiger partial charge in [-0.05, 0) is 31.1 Å². The first kappa shape index (κ1) is 17.4. The van der Waals surface area contributed by atoms with Crippen LogP contribution in [0.1, 0.15) is 42.9 Å². The van der Waals surface area contributed by atoms with Crippen LogP contribution in [0.15, 0.2) is 10.6 Å². The second-order valence-electron chi connectivity index (χ2n) is 7.58. The lowest BCUT2D eigenvalue weighted by Crippen LogP contribution is -2.45. The van der Waals surface area contributed by atoms with E-state index in [2.05, 4.69) is 23.9 Å². The Balaban J connectivity index is 1.66. The predicted octanol–water partition coefficient (Wildman–Crippen LogP) is 2.06. The standard InChI is InChI=1S/C18H29N3O3/c1-13(2)8-15-9-17(24-19-15)18(22)21-11-14-4-5-16(12-21)20(10-14)6-7-23-3/h9,13-14,16H,4-8,10-12H2,1-3H3/t14-,16-/m0/s1. The predicted molar refractivity (Wildman–Crippen MR) is 90.9 cm³/mol. The molecule has 0 aliphatic carbocycles. The summed E-state index contributed by atoms with van der Waals surface area (Å²) in [7, 11) is 1.74. The molecule has 6 heteroatoms. The summed E-state index contributed by atoms with van der Waals surface area (Å²) >= 11 is 0. The van der Waals surface area contributed by atoms with Gasteiger partial charge in [-0.15, -0.1) is 0 Å². The van der Waals surface area contributed by atoms with Crippen LogP contribution in [-0.2, 0) is 11.2 Å². The summed E-state index contributed by atoms with van der Waals surface area (Å²) in [5.74, 6) is 1.42. The van der Waals surface area contributed by atoms with Crippen LogP contribution in [0.2, 0.25) is 0 Å². The van der Waals surface area contributed by atoms with E-state index in [1.807, 2.05) is 11.0 Å². The van der Waals surface area contributed by atoms with Crippen molar-refractivity contribution in [2.75, 3.05) is 39.9 Å². The first-order valence-electron chi connectivity index (χ1n) is 9.04. The maximum Gasteiger partial charge on any atom is 0.292 e. The average Bonchev–Trinajstić information content (AvgIpc) is 2.81. The maximum absolute atomic E-state index is 12.8. The van der Waals surface area contributed by atoms with Crippen molar-refractivity contribution in [1.29, 1.82) is 0 Å². The van der Waals surface area contributed by atoms with Gasteiger partial charge in [0.2, 0.25) is 5.76 Å². The van der Waals surface area contributed by atoms with Crippen LogP contribution >= 0.6 is 0 Å². The topological polar surface area (TPSA) is 58.8 Å². The number of fused-ring (bicyclic) bond motifs is 4. The van der Waals surface area contributed by atoms with Crippen molar-refractivity contribution < 1.29 is 14.1 Å². The first-order chi connectivity index (χ1) is 11.6. The zero-order chi connectivity index (χ0) is 17.1. The van der Waals surface area contributed by atoms with Crippen molar-refractivity contribution in [1.82, 2.24) is 15.0 Å². The summed E-state index contributed by atoms with van der Waals surface area (Å²) in [6.45, 7) is 8.62. The molecule has 0 N–H and O–H groups in total. The van der Waals surface area contributed by atoms with Crippen molar-refractivity contribution in [2.45, 2.75) is 39.2 Å². The van der Waals surface area contributed by atoms with E-state index in [4.69, 9.17) is 9.26 Å². The molecule has 2 atom stereocenters. The molecule has 6 nitrogen and oxygen atoms in total. The van der Waals surface area contributed by atoms with Crippen LogP contribution in [0.25, 0.3) is 0 Å². The number of hydrogen-bond donors (Lipinski definition) is 0. The molecule has 0 unspecified atom stereocenters. The lowest BCUT2D eigenvalue weighted by Gasteiger charge is -2.35. The highest BCUT2D eigenvalue weighted by atomic mass is 16.5. The monoisotopic (exact) mass is 335 g/mol. The van der Waals surface area contributed by atoms with Crippen LogP contribution in [0.5, 0.6) is 0 Å². The van der Waals surface area contributed by atoms with Gasteiger partial charge in [0.15, 0.2) is 0 Å². The summed E-state index contributed by atoms with van der Waals surface area (Å²) < 4.78 is 10.6. The second-order valence-corrected chi connectivity index (χ2v) is 7.58. The molecule has 3 aliphatic rings. The van der Waals surface area contributed by atoms with Gasteiger partial charge in [-0.1, -0.05) is 19.0 Å². The highest BCUT2D eigenvalue weighted by Gasteiger charge is 2.37. The molecule has 4 rings (SSSR count). The van der Waals surface area contributed by atoms with Crippen LogP contribution in [-0.4, -0.2) is 66.8 Å². The molecular formula is C18H29N3O3. The first-order valence-corrected chi connectivity index (χ1v) is 9.04. The number of amides is 1. The maximum atomic E-state index is 12.8. The Labute approximate surface area is 144 Å². The summed E-state index contributed by atoms with van der Waals surface area (Å²) in [6, 6.07) is 2.25. The molecule has 1 aromatic rings. The van der Waals surface area contributed by atoms with E-state index < -0.39 is 0 Å². The Morgan fingerprint density at radius 1 is 1.38 bits per heavy atom. The molecular weight excluding hydrogens is 306 g/mol. The molecule has 24 heavy (non-hydrogen) atoms. The van der Waals surface area contributed by atoms with Crippen molar-refractivity contribution in [2.24, 2.45) is 11.8 Å². The minimum atomic E-state index is -0.0111. The third-order valence-electron chi connectivity index (χ3n) is 5.08. The highest BCUT2D eigenvalue weighted by Crippen LogP contribution is 2.28. The van der Waals surface area contributed by atoms with Crippen LogP contribution < -0.4 is 0 Å². The third kappa shape index (κ3) is 3.98. The molecule has 2 bridgehead atoms. The zero-order valence-electron chi connectivity index (χ0n) is 15.0. The van der Waals surface area contributed by atoms with Gasteiger partial charge in [0.25, 0.3) is 5.91 Å². The van der Waals surface area contributed by atoms with Gasteiger partial charge >= 0.3 is 0 Å². The lowest BCUT2D eigenvalue weighted by atomic mass is 9.95. The molecule has 0 aromatic carbocycles. The number of piperidine rings is 1. The molecule has 3 aliphatic heterocycles. The van der Waals surface area contributed by atoms with E-state index in [1.54, 1.807) is 7.11 Å². The largest absolute Gasteiger partial charge is 0.383 e. The Kier molecular flexibility index (Phi) is 5.56. The van der Waals surface area contributed by atoms with Crippen LogP contribution in [0.4, 0.5) is 0 Å². The number of ether oxygens (including phenoxy) is 1. The fraction of sp³-hybridized carbons (Fsp3) is 0.778. The Morgan fingerprint density at radius 2 is 2.21 bits per heavy atom. The Bertz CT molecular complexity index is 557. The molecule has 134 valence electrons. The zero-order valence-corrected chi connectivity index (χ0v) is 15.0. The number of carbonyl (C=O) groups is 1. The van der Waals surface area contributed by atoms with Gasteiger partial charge in [0.05, 0.1) is 12.3 Å². The van der Waals surface area contributed by atoms with E-state index in [9.17, 15) is 4.79 Å². The number of nitrogens with zero attached hydrogens (tertiary/aromatic N) is 3. The van der Waals surface area contributed by atoms with Gasteiger partial charge < -0.3 is 14.2 Å².